The molecule has 0 bridgehead atoms. The highest BCUT2D eigenvalue weighted by atomic mass is 32.1. The molecule has 4 nitrogen and oxygen atoms in total. The van der Waals surface area contributed by atoms with Gasteiger partial charge >= 0.3 is 0 Å². The van der Waals surface area contributed by atoms with Crippen molar-refractivity contribution in [1.82, 2.24) is 20.1 Å². The van der Waals surface area contributed by atoms with Crippen LogP contribution in [0.4, 0.5) is 0 Å². The summed E-state index contributed by atoms with van der Waals surface area (Å²) >= 11 is 1.80. The zero-order chi connectivity index (χ0) is 13.2. The lowest BCUT2D eigenvalue weighted by Gasteiger charge is -2.19. The van der Waals surface area contributed by atoms with E-state index in [2.05, 4.69) is 34.6 Å². The highest BCUT2D eigenvalue weighted by Crippen LogP contribution is 2.21. The van der Waals surface area contributed by atoms with Crippen LogP contribution in [0.25, 0.3) is 0 Å². The minimum absolute atomic E-state index is 0.717. The summed E-state index contributed by atoms with van der Waals surface area (Å²) in [6, 6.07) is 1.49. The van der Waals surface area contributed by atoms with Crippen molar-refractivity contribution >= 4 is 11.3 Å². The van der Waals surface area contributed by atoms with E-state index >= 15 is 0 Å². The van der Waals surface area contributed by atoms with Gasteiger partial charge in [0, 0.05) is 43.6 Å². The first-order valence-corrected chi connectivity index (χ1v) is 8.14. The number of thiazole rings is 1. The minimum Gasteiger partial charge on any atom is -0.308 e. The highest BCUT2D eigenvalue weighted by molar-refractivity contribution is 7.09. The molecule has 1 aromatic rings. The number of likely N-dealkylation sites (N-methyl/N-ethyl adjacent to an activating group) is 1. The topological polar surface area (TPSA) is 31.4 Å². The zero-order valence-corrected chi connectivity index (χ0v) is 12.7. The van der Waals surface area contributed by atoms with Gasteiger partial charge in [-0.3, -0.25) is 4.90 Å². The van der Waals surface area contributed by atoms with Crippen LogP contribution < -0.4 is 5.32 Å². The second kappa shape index (κ2) is 5.87. The van der Waals surface area contributed by atoms with Crippen molar-refractivity contribution in [2.45, 2.75) is 44.4 Å². The van der Waals surface area contributed by atoms with Gasteiger partial charge in [0.1, 0.15) is 5.01 Å². The van der Waals surface area contributed by atoms with E-state index < -0.39 is 0 Å². The van der Waals surface area contributed by atoms with Gasteiger partial charge in [0.25, 0.3) is 0 Å². The summed E-state index contributed by atoms with van der Waals surface area (Å²) in [5.74, 6) is 0. The maximum absolute atomic E-state index is 4.74. The van der Waals surface area contributed by atoms with E-state index in [4.69, 9.17) is 4.98 Å². The standard InChI is InChI=1S/C14H24N4S/c1-17(2)13-5-6-18(9-13)8-12-10-19-14(16-12)7-15-11-3-4-11/h10-11,13,15H,3-9H2,1-2H3. The van der Waals surface area contributed by atoms with Gasteiger partial charge in [0.05, 0.1) is 5.69 Å². The molecule has 0 radical (unpaired) electrons. The summed E-state index contributed by atoms with van der Waals surface area (Å²) in [4.78, 5) is 9.61. The van der Waals surface area contributed by atoms with Gasteiger partial charge in [-0.2, -0.15) is 0 Å². The lowest BCUT2D eigenvalue weighted by Crippen LogP contribution is -2.31. The molecule has 0 amide bonds. The molecular formula is C14H24N4S. The number of hydrogen-bond acceptors (Lipinski definition) is 5. The van der Waals surface area contributed by atoms with Crippen LogP contribution in [0.15, 0.2) is 5.38 Å². The quantitative estimate of drug-likeness (QED) is 0.856. The predicted octanol–water partition coefficient (Wildman–Crippen LogP) is 1.53. The Balaban J connectivity index is 1.47. The summed E-state index contributed by atoms with van der Waals surface area (Å²) in [6.07, 6.45) is 3.98. The van der Waals surface area contributed by atoms with E-state index in [0.717, 1.165) is 25.2 Å². The fourth-order valence-corrected chi connectivity index (χ4v) is 3.36. The number of aromatic nitrogens is 1. The number of likely N-dealkylation sites (tertiary alicyclic amines) is 1. The Labute approximate surface area is 119 Å². The van der Waals surface area contributed by atoms with Crippen LogP contribution >= 0.6 is 11.3 Å². The molecule has 3 rings (SSSR count). The molecule has 106 valence electrons. The first-order chi connectivity index (χ1) is 9.20. The van der Waals surface area contributed by atoms with Gasteiger partial charge in [0.15, 0.2) is 0 Å². The van der Waals surface area contributed by atoms with E-state index in [1.807, 2.05) is 0 Å². The van der Waals surface area contributed by atoms with Crippen molar-refractivity contribution in [1.29, 1.82) is 0 Å². The van der Waals surface area contributed by atoms with Crippen LogP contribution in [0, 0.1) is 0 Å². The number of nitrogens with one attached hydrogen (secondary N) is 1. The van der Waals surface area contributed by atoms with Crippen LogP contribution in [0.2, 0.25) is 0 Å². The molecule has 1 aliphatic heterocycles. The van der Waals surface area contributed by atoms with Gasteiger partial charge < -0.3 is 10.2 Å². The van der Waals surface area contributed by atoms with Crippen LogP contribution in [0.5, 0.6) is 0 Å². The van der Waals surface area contributed by atoms with Crippen LogP contribution in [-0.4, -0.2) is 54.1 Å². The Bertz CT molecular complexity index is 413. The van der Waals surface area contributed by atoms with E-state index in [1.165, 1.54) is 43.1 Å². The Morgan fingerprint density at radius 3 is 2.95 bits per heavy atom. The fourth-order valence-electron chi connectivity index (χ4n) is 2.63. The lowest BCUT2D eigenvalue weighted by molar-refractivity contribution is 0.263. The second-order valence-corrected chi connectivity index (χ2v) is 6.97. The Morgan fingerprint density at radius 2 is 2.26 bits per heavy atom. The number of rotatable bonds is 6. The molecule has 19 heavy (non-hydrogen) atoms. The minimum atomic E-state index is 0.717. The van der Waals surface area contributed by atoms with Crippen molar-refractivity contribution in [3.05, 3.63) is 16.1 Å². The predicted molar refractivity (Wildman–Crippen MR) is 79.3 cm³/mol. The van der Waals surface area contributed by atoms with Crippen molar-refractivity contribution < 1.29 is 0 Å². The smallest absolute Gasteiger partial charge is 0.107 e. The summed E-state index contributed by atoms with van der Waals surface area (Å²) in [5, 5.41) is 7.00. The largest absolute Gasteiger partial charge is 0.308 e. The second-order valence-electron chi connectivity index (χ2n) is 6.03. The molecule has 1 aromatic heterocycles. The molecule has 1 saturated heterocycles. The van der Waals surface area contributed by atoms with Gasteiger partial charge in [-0.15, -0.1) is 11.3 Å². The van der Waals surface area contributed by atoms with Crippen molar-refractivity contribution in [3.8, 4) is 0 Å². The molecule has 1 N–H and O–H groups in total. The third-order valence-electron chi connectivity index (χ3n) is 4.08. The Hall–Kier alpha value is -0.490. The maximum Gasteiger partial charge on any atom is 0.107 e. The third kappa shape index (κ3) is 3.75. The number of nitrogens with zero attached hydrogens (tertiary/aromatic N) is 3. The molecule has 1 atom stereocenters. The van der Waals surface area contributed by atoms with E-state index in [0.29, 0.717) is 0 Å². The van der Waals surface area contributed by atoms with Crippen LogP contribution in [-0.2, 0) is 13.1 Å². The molecular weight excluding hydrogens is 256 g/mol. The van der Waals surface area contributed by atoms with E-state index in [1.54, 1.807) is 11.3 Å². The molecule has 1 unspecified atom stereocenters. The molecule has 0 spiro atoms. The van der Waals surface area contributed by atoms with Crippen LogP contribution in [0.3, 0.4) is 0 Å². The van der Waals surface area contributed by atoms with Gasteiger partial charge in [-0.25, -0.2) is 4.98 Å². The summed E-state index contributed by atoms with van der Waals surface area (Å²) in [5.41, 5.74) is 1.25. The zero-order valence-electron chi connectivity index (χ0n) is 11.9. The fraction of sp³-hybridized carbons (Fsp3) is 0.786. The summed E-state index contributed by atoms with van der Waals surface area (Å²) < 4.78 is 0. The first kappa shape index (κ1) is 13.5. The van der Waals surface area contributed by atoms with Crippen LogP contribution in [0.1, 0.15) is 30.0 Å². The summed E-state index contributed by atoms with van der Waals surface area (Å²) in [6.45, 7) is 4.36. The van der Waals surface area contributed by atoms with Gasteiger partial charge in [0.2, 0.25) is 0 Å². The lowest BCUT2D eigenvalue weighted by atomic mass is 10.2. The molecule has 5 heteroatoms. The normalized spacial score (nSPS) is 24.5. The third-order valence-corrected chi connectivity index (χ3v) is 4.98. The maximum atomic E-state index is 4.74. The Kier molecular flexibility index (Phi) is 4.17. The van der Waals surface area contributed by atoms with Crippen molar-refractivity contribution in [2.24, 2.45) is 0 Å². The molecule has 2 heterocycles. The highest BCUT2D eigenvalue weighted by Gasteiger charge is 2.24. The molecule has 1 saturated carbocycles. The molecule has 2 aliphatic rings. The van der Waals surface area contributed by atoms with Gasteiger partial charge in [-0.1, -0.05) is 0 Å². The SMILES string of the molecule is CN(C)C1CCN(Cc2csc(CNC3CC3)n2)C1. The molecule has 2 fully saturated rings. The van der Waals surface area contributed by atoms with E-state index in [-0.39, 0.29) is 0 Å². The summed E-state index contributed by atoms with van der Waals surface area (Å²) in [7, 11) is 4.36. The average molecular weight is 280 g/mol. The number of hydrogen-bond donors (Lipinski definition) is 1. The molecule has 1 aliphatic carbocycles. The monoisotopic (exact) mass is 280 g/mol. The molecule has 0 aromatic carbocycles. The van der Waals surface area contributed by atoms with E-state index in [9.17, 15) is 0 Å². The Morgan fingerprint density at radius 1 is 1.42 bits per heavy atom. The average Bonchev–Trinajstić information content (AvgIpc) is 2.91. The van der Waals surface area contributed by atoms with Crippen molar-refractivity contribution in [3.63, 3.8) is 0 Å². The van der Waals surface area contributed by atoms with Gasteiger partial charge in [-0.05, 0) is 33.4 Å². The first-order valence-electron chi connectivity index (χ1n) is 7.26. The van der Waals surface area contributed by atoms with Crippen molar-refractivity contribution in [2.75, 3.05) is 27.2 Å².